The molecule has 0 aliphatic carbocycles. The number of hydrogen-bond acceptors (Lipinski definition) is 5. The maximum atomic E-state index is 15.3. The zero-order chi connectivity index (χ0) is 27.1. The number of rotatable bonds is 3. The molecule has 200 valence electrons. The van der Waals surface area contributed by atoms with E-state index in [1.165, 1.54) is 30.2 Å². The second-order valence-electron chi connectivity index (χ2n) is 10.1. The average molecular weight is 525 g/mol. The van der Waals surface area contributed by atoms with E-state index in [0.29, 0.717) is 13.0 Å². The van der Waals surface area contributed by atoms with E-state index in [4.69, 9.17) is 14.2 Å². The number of piperidine rings is 1. The van der Waals surface area contributed by atoms with Crippen LogP contribution in [0, 0.1) is 11.7 Å². The summed E-state index contributed by atoms with van der Waals surface area (Å²) in [6.07, 6.45) is -5.36. The summed E-state index contributed by atoms with van der Waals surface area (Å²) in [5.41, 5.74) is -1.56. The highest BCUT2D eigenvalue weighted by molar-refractivity contribution is 5.92. The number of anilines is 1. The number of hydrogen-bond donors (Lipinski definition) is 0. The number of fused-ring (bicyclic) bond motifs is 1. The predicted octanol–water partition coefficient (Wildman–Crippen LogP) is 6.10. The van der Waals surface area contributed by atoms with Crippen LogP contribution in [0.3, 0.4) is 0 Å². The molecule has 11 heteroatoms. The number of nitrogens with zero attached hydrogens (tertiary/aromatic N) is 2. The minimum atomic E-state index is -4.59. The fraction of sp³-hybridized carbons (Fsp3) is 0.462. The van der Waals surface area contributed by atoms with Gasteiger partial charge in [-0.2, -0.15) is 13.2 Å². The number of amides is 2. The molecule has 2 amide bonds. The summed E-state index contributed by atoms with van der Waals surface area (Å²) < 4.78 is 71.1. The van der Waals surface area contributed by atoms with Gasteiger partial charge in [-0.3, -0.25) is 4.90 Å². The van der Waals surface area contributed by atoms with Gasteiger partial charge in [0, 0.05) is 36.7 Å². The first-order valence-corrected chi connectivity index (χ1v) is 11.8. The molecule has 2 fully saturated rings. The summed E-state index contributed by atoms with van der Waals surface area (Å²) in [4.78, 5) is 28.2. The molecule has 2 aromatic carbocycles. The van der Waals surface area contributed by atoms with E-state index < -0.39 is 41.4 Å². The van der Waals surface area contributed by atoms with Gasteiger partial charge in [-0.05, 0) is 51.0 Å². The molecule has 0 unspecified atom stereocenters. The highest BCUT2D eigenvalue weighted by atomic mass is 19.4. The van der Waals surface area contributed by atoms with Gasteiger partial charge in [0.15, 0.2) is 0 Å². The molecule has 0 N–H and O–H groups in total. The van der Waals surface area contributed by atoms with Gasteiger partial charge in [0.1, 0.15) is 17.2 Å². The Hall–Kier alpha value is -3.50. The minimum absolute atomic E-state index is 0.0157. The number of likely N-dealkylation sites (tertiary alicyclic amines) is 1. The molecule has 2 heterocycles. The molecule has 37 heavy (non-hydrogen) atoms. The van der Waals surface area contributed by atoms with E-state index in [1.54, 1.807) is 25.7 Å². The highest BCUT2D eigenvalue weighted by Gasteiger charge is 2.44. The molecule has 0 bridgehead atoms. The van der Waals surface area contributed by atoms with Crippen LogP contribution >= 0.6 is 0 Å². The Morgan fingerprint density at radius 3 is 2.51 bits per heavy atom. The molecule has 4 rings (SSSR count). The van der Waals surface area contributed by atoms with Gasteiger partial charge in [0.05, 0.1) is 25.0 Å². The zero-order valence-electron chi connectivity index (χ0n) is 20.9. The Kier molecular flexibility index (Phi) is 7.00. The molecular weight excluding hydrogens is 496 g/mol. The van der Waals surface area contributed by atoms with Crippen LogP contribution in [0.2, 0.25) is 0 Å². The standard InChI is InChI=1S/C26H28F4N2O5/c1-25(2,3)37-23(33)31-9-8-20-16(13-31)14-36-24(34)32(20)21-12-19(27)18(11-22(21)35-4)15-6-5-7-17(10-15)26(28,29)30/h5-7,10-12,16,20H,8-9,13-14H2,1-4H3/t16-,20+/m0/s1. The maximum Gasteiger partial charge on any atom is 0.416 e. The van der Waals surface area contributed by atoms with E-state index >= 15 is 4.39 Å². The molecule has 2 aromatic rings. The van der Waals surface area contributed by atoms with Gasteiger partial charge in [-0.25, -0.2) is 14.0 Å². The Morgan fingerprint density at radius 1 is 1.14 bits per heavy atom. The molecule has 0 spiro atoms. The van der Waals surface area contributed by atoms with Crippen molar-refractivity contribution in [2.24, 2.45) is 5.92 Å². The first kappa shape index (κ1) is 26.6. The number of ether oxygens (including phenoxy) is 3. The first-order chi connectivity index (χ1) is 17.3. The number of methoxy groups -OCH3 is 1. The molecule has 7 nitrogen and oxygen atoms in total. The van der Waals surface area contributed by atoms with Crippen molar-refractivity contribution >= 4 is 17.9 Å². The highest BCUT2D eigenvalue weighted by Crippen LogP contribution is 2.41. The lowest BCUT2D eigenvalue weighted by molar-refractivity contribution is -0.137. The fourth-order valence-electron chi connectivity index (χ4n) is 4.66. The Labute approximate surface area is 211 Å². The maximum absolute atomic E-state index is 15.3. The van der Waals surface area contributed by atoms with Crippen molar-refractivity contribution in [3.63, 3.8) is 0 Å². The van der Waals surface area contributed by atoms with Crippen LogP contribution in [0.5, 0.6) is 5.75 Å². The summed E-state index contributed by atoms with van der Waals surface area (Å²) in [6, 6.07) is 6.25. The number of carbonyl (C=O) groups is 2. The largest absolute Gasteiger partial charge is 0.495 e. The van der Waals surface area contributed by atoms with E-state index in [-0.39, 0.29) is 41.6 Å². The van der Waals surface area contributed by atoms with Gasteiger partial charge in [0.2, 0.25) is 0 Å². The topological polar surface area (TPSA) is 68.3 Å². The van der Waals surface area contributed by atoms with Crippen LogP contribution in [-0.2, 0) is 15.7 Å². The SMILES string of the molecule is COc1cc(-c2cccc(C(F)(F)F)c2)c(F)cc1N1C(=O)OC[C@@H]2CN(C(=O)OC(C)(C)C)CC[C@H]21. The third-order valence-electron chi connectivity index (χ3n) is 6.32. The predicted molar refractivity (Wildman–Crippen MR) is 127 cm³/mol. The third-order valence-corrected chi connectivity index (χ3v) is 6.32. The lowest BCUT2D eigenvalue weighted by Gasteiger charge is -2.46. The summed E-state index contributed by atoms with van der Waals surface area (Å²) in [5, 5.41) is 0. The lowest BCUT2D eigenvalue weighted by Crippen LogP contribution is -2.59. The Morgan fingerprint density at radius 2 is 1.86 bits per heavy atom. The number of benzene rings is 2. The van der Waals surface area contributed by atoms with Gasteiger partial charge in [-0.15, -0.1) is 0 Å². The second-order valence-corrected chi connectivity index (χ2v) is 10.1. The van der Waals surface area contributed by atoms with Crippen molar-refractivity contribution in [3.8, 4) is 16.9 Å². The van der Waals surface area contributed by atoms with Crippen molar-refractivity contribution in [3.05, 3.63) is 47.8 Å². The Bertz CT molecular complexity index is 1190. The number of carbonyl (C=O) groups excluding carboxylic acids is 2. The molecule has 0 radical (unpaired) electrons. The molecular formula is C26H28F4N2O5. The van der Waals surface area contributed by atoms with E-state index in [9.17, 15) is 22.8 Å². The van der Waals surface area contributed by atoms with Crippen LogP contribution in [0.4, 0.5) is 32.8 Å². The van der Waals surface area contributed by atoms with Crippen molar-refractivity contribution in [1.82, 2.24) is 4.90 Å². The molecule has 2 aliphatic rings. The molecule has 2 aliphatic heterocycles. The quantitative estimate of drug-likeness (QED) is 0.454. The van der Waals surface area contributed by atoms with Gasteiger partial charge < -0.3 is 19.1 Å². The zero-order valence-corrected chi connectivity index (χ0v) is 20.9. The first-order valence-electron chi connectivity index (χ1n) is 11.8. The number of halogens is 4. The third kappa shape index (κ3) is 5.60. The normalized spacial score (nSPS) is 20.3. The van der Waals surface area contributed by atoms with Crippen molar-refractivity contribution < 1.29 is 41.4 Å². The fourth-order valence-corrected chi connectivity index (χ4v) is 4.66. The van der Waals surface area contributed by atoms with Crippen LogP contribution < -0.4 is 9.64 Å². The van der Waals surface area contributed by atoms with E-state index in [0.717, 1.165) is 18.2 Å². The van der Waals surface area contributed by atoms with Crippen molar-refractivity contribution in [2.45, 2.75) is 45.0 Å². The Balaban J connectivity index is 1.64. The molecule has 0 saturated carbocycles. The van der Waals surface area contributed by atoms with E-state index in [1.807, 2.05) is 0 Å². The molecule has 0 aromatic heterocycles. The lowest BCUT2D eigenvalue weighted by atomic mass is 9.90. The monoisotopic (exact) mass is 524 g/mol. The smallest absolute Gasteiger partial charge is 0.416 e. The van der Waals surface area contributed by atoms with Crippen molar-refractivity contribution in [1.29, 1.82) is 0 Å². The van der Waals surface area contributed by atoms with Crippen LogP contribution in [0.1, 0.15) is 32.8 Å². The summed E-state index contributed by atoms with van der Waals surface area (Å²) in [7, 11) is 1.32. The molecule has 2 saturated heterocycles. The average Bonchev–Trinajstić information content (AvgIpc) is 2.82. The van der Waals surface area contributed by atoms with Crippen LogP contribution in [0.15, 0.2) is 36.4 Å². The van der Waals surface area contributed by atoms with Gasteiger partial charge in [-0.1, -0.05) is 12.1 Å². The van der Waals surface area contributed by atoms with Gasteiger partial charge in [0.25, 0.3) is 0 Å². The minimum Gasteiger partial charge on any atom is -0.495 e. The van der Waals surface area contributed by atoms with Gasteiger partial charge >= 0.3 is 18.4 Å². The van der Waals surface area contributed by atoms with Crippen molar-refractivity contribution in [2.75, 3.05) is 31.7 Å². The molecule has 2 atom stereocenters. The summed E-state index contributed by atoms with van der Waals surface area (Å²) in [5.74, 6) is -0.993. The number of alkyl halides is 3. The second kappa shape index (κ2) is 9.75. The van der Waals surface area contributed by atoms with E-state index in [2.05, 4.69) is 0 Å². The summed E-state index contributed by atoms with van der Waals surface area (Å²) in [6.45, 7) is 5.97. The van der Waals surface area contributed by atoms with Crippen LogP contribution in [0.25, 0.3) is 11.1 Å². The summed E-state index contributed by atoms with van der Waals surface area (Å²) >= 11 is 0. The number of cyclic esters (lactones) is 1. The van der Waals surface area contributed by atoms with Crippen LogP contribution in [-0.4, -0.2) is 55.5 Å².